The van der Waals surface area contributed by atoms with Crippen LogP contribution in [0.1, 0.15) is 40.0 Å². The van der Waals surface area contributed by atoms with E-state index in [4.69, 9.17) is 9.47 Å². The van der Waals surface area contributed by atoms with E-state index in [0.29, 0.717) is 0 Å². The Balaban J connectivity index is 1.23. The van der Waals surface area contributed by atoms with Gasteiger partial charge in [-0.2, -0.15) is 0 Å². The first-order valence-corrected chi connectivity index (χ1v) is 13.2. The van der Waals surface area contributed by atoms with Crippen LogP contribution in [0.15, 0.2) is 97.2 Å². The van der Waals surface area contributed by atoms with Crippen LogP contribution in [-0.2, 0) is 20.9 Å². The van der Waals surface area contributed by atoms with Crippen LogP contribution >= 0.6 is 0 Å². The van der Waals surface area contributed by atoms with Gasteiger partial charge in [-0.1, -0.05) is 78.9 Å². The van der Waals surface area contributed by atoms with Crippen LogP contribution in [0.3, 0.4) is 0 Å². The third kappa shape index (κ3) is 6.26. The van der Waals surface area contributed by atoms with Gasteiger partial charge in [-0.3, -0.25) is 10.1 Å². The summed E-state index contributed by atoms with van der Waals surface area (Å²) >= 11 is 0. The number of rotatable bonds is 10. The summed E-state index contributed by atoms with van der Waals surface area (Å²) in [7, 11) is 0. The minimum absolute atomic E-state index is 0.0872. The summed E-state index contributed by atoms with van der Waals surface area (Å²) < 4.78 is 11.3. The molecule has 1 aliphatic rings. The van der Waals surface area contributed by atoms with Crippen molar-refractivity contribution in [2.45, 2.75) is 31.6 Å². The first-order valence-electron chi connectivity index (χ1n) is 13.2. The number of amides is 2. The van der Waals surface area contributed by atoms with Crippen molar-refractivity contribution in [1.82, 2.24) is 10.3 Å². The van der Waals surface area contributed by atoms with Gasteiger partial charge in [0.2, 0.25) is 0 Å². The standard InChI is InChI=1S/C32H29N3O6/c1-20(40-18-21-10-3-2-4-11-21)28(31(37)38)35-30(36)29-27(16-9-17-33-29)34-32(39)41-19-26-24-14-7-5-12-22(24)23-13-6-8-15-25(23)26/h2-17,20,26,28H,18-19H2,1H3,(H,34,39)(H,35,36)(H,37,38). The van der Waals surface area contributed by atoms with Gasteiger partial charge in [0, 0.05) is 12.1 Å². The van der Waals surface area contributed by atoms with Gasteiger partial charge in [0.1, 0.15) is 6.61 Å². The van der Waals surface area contributed by atoms with Gasteiger partial charge in [-0.05, 0) is 46.9 Å². The van der Waals surface area contributed by atoms with Crippen LogP contribution in [0.4, 0.5) is 10.5 Å². The lowest BCUT2D eigenvalue weighted by molar-refractivity contribution is -0.143. The van der Waals surface area contributed by atoms with Gasteiger partial charge < -0.3 is 19.9 Å². The number of pyridine rings is 1. The molecule has 0 saturated heterocycles. The molecule has 0 spiro atoms. The molecule has 9 nitrogen and oxygen atoms in total. The van der Waals surface area contributed by atoms with Gasteiger partial charge in [0.05, 0.1) is 18.4 Å². The van der Waals surface area contributed by atoms with Crippen LogP contribution in [-0.4, -0.2) is 46.8 Å². The number of carbonyl (C=O) groups excluding carboxylic acids is 2. The van der Waals surface area contributed by atoms with E-state index in [0.717, 1.165) is 27.8 Å². The van der Waals surface area contributed by atoms with Gasteiger partial charge in [-0.15, -0.1) is 0 Å². The molecular weight excluding hydrogens is 522 g/mol. The number of carbonyl (C=O) groups is 3. The summed E-state index contributed by atoms with van der Waals surface area (Å²) in [6, 6.07) is 27.0. The lowest BCUT2D eigenvalue weighted by atomic mass is 9.98. The Bertz CT molecular complexity index is 1510. The number of nitrogens with zero attached hydrogens (tertiary/aromatic N) is 1. The second-order valence-electron chi connectivity index (χ2n) is 9.64. The number of aliphatic carboxylic acids is 1. The average molecular weight is 552 g/mol. The van der Waals surface area contributed by atoms with Gasteiger partial charge in [0.25, 0.3) is 5.91 Å². The van der Waals surface area contributed by atoms with Crippen molar-refractivity contribution in [2.75, 3.05) is 11.9 Å². The van der Waals surface area contributed by atoms with E-state index in [9.17, 15) is 19.5 Å². The molecule has 0 radical (unpaired) electrons. The average Bonchev–Trinajstić information content (AvgIpc) is 3.31. The second-order valence-corrected chi connectivity index (χ2v) is 9.64. The Morgan fingerprint density at radius 3 is 2.17 bits per heavy atom. The number of benzene rings is 3. The summed E-state index contributed by atoms with van der Waals surface area (Å²) in [6.45, 7) is 1.84. The lowest BCUT2D eigenvalue weighted by Crippen LogP contribution is -2.49. The van der Waals surface area contributed by atoms with E-state index in [2.05, 4.69) is 15.6 Å². The molecule has 3 N–H and O–H groups in total. The summed E-state index contributed by atoms with van der Waals surface area (Å²) in [4.78, 5) is 42.0. The van der Waals surface area contributed by atoms with E-state index >= 15 is 0 Å². The van der Waals surface area contributed by atoms with Crippen molar-refractivity contribution in [3.8, 4) is 11.1 Å². The molecule has 0 aliphatic heterocycles. The zero-order valence-electron chi connectivity index (χ0n) is 22.3. The molecule has 0 saturated carbocycles. The minimum Gasteiger partial charge on any atom is -0.480 e. The molecule has 2 amide bonds. The monoisotopic (exact) mass is 551 g/mol. The van der Waals surface area contributed by atoms with Crippen LogP contribution in [0.25, 0.3) is 11.1 Å². The van der Waals surface area contributed by atoms with E-state index in [1.807, 2.05) is 78.9 Å². The predicted molar refractivity (Wildman–Crippen MR) is 153 cm³/mol. The zero-order valence-corrected chi connectivity index (χ0v) is 22.3. The molecule has 1 aromatic heterocycles. The maximum absolute atomic E-state index is 13.1. The van der Waals surface area contributed by atoms with Gasteiger partial charge in [0.15, 0.2) is 11.7 Å². The SMILES string of the molecule is CC(OCc1ccccc1)C(NC(=O)c1ncccc1NC(=O)OCC1c2ccccc2-c2ccccc21)C(=O)O. The Hall–Kier alpha value is -5.02. The highest BCUT2D eigenvalue weighted by Gasteiger charge is 2.31. The number of hydrogen-bond acceptors (Lipinski definition) is 6. The van der Waals surface area contributed by atoms with E-state index in [1.165, 1.54) is 12.3 Å². The quantitative estimate of drug-likeness (QED) is 0.246. The molecule has 0 fully saturated rings. The number of ether oxygens (including phenoxy) is 2. The number of carboxylic acid groups (broad SMARTS) is 1. The highest BCUT2D eigenvalue weighted by atomic mass is 16.5. The lowest BCUT2D eigenvalue weighted by Gasteiger charge is -2.22. The fraction of sp³-hybridized carbons (Fsp3) is 0.188. The third-order valence-electron chi connectivity index (χ3n) is 6.98. The third-order valence-corrected chi connectivity index (χ3v) is 6.98. The molecule has 1 heterocycles. The normalized spacial score (nSPS) is 13.4. The first kappa shape index (κ1) is 27.5. The fourth-order valence-corrected chi connectivity index (χ4v) is 4.92. The molecule has 1 aliphatic carbocycles. The van der Waals surface area contributed by atoms with Crippen molar-refractivity contribution in [1.29, 1.82) is 0 Å². The summed E-state index contributed by atoms with van der Waals surface area (Å²) in [5, 5.41) is 14.8. The molecule has 0 bridgehead atoms. The molecule has 3 aromatic carbocycles. The maximum Gasteiger partial charge on any atom is 0.411 e. The van der Waals surface area contributed by atoms with E-state index in [1.54, 1.807) is 13.0 Å². The number of carboxylic acids is 1. The molecule has 2 atom stereocenters. The Kier molecular flexibility index (Phi) is 8.36. The minimum atomic E-state index is -1.35. The van der Waals surface area contributed by atoms with Crippen molar-refractivity contribution >= 4 is 23.7 Å². The highest BCUT2D eigenvalue weighted by molar-refractivity contribution is 6.02. The molecule has 5 rings (SSSR count). The topological polar surface area (TPSA) is 127 Å². The Labute approximate surface area is 237 Å². The van der Waals surface area contributed by atoms with E-state index in [-0.39, 0.29) is 30.5 Å². The molecule has 4 aromatic rings. The maximum atomic E-state index is 13.1. The molecular formula is C32H29N3O6. The smallest absolute Gasteiger partial charge is 0.411 e. The molecule has 208 valence electrons. The second kappa shape index (κ2) is 12.4. The largest absolute Gasteiger partial charge is 0.480 e. The Morgan fingerprint density at radius 2 is 1.51 bits per heavy atom. The van der Waals surface area contributed by atoms with Crippen LogP contribution in [0.5, 0.6) is 0 Å². The molecule has 2 unspecified atom stereocenters. The van der Waals surface area contributed by atoms with Crippen molar-refractivity contribution in [3.63, 3.8) is 0 Å². The fourth-order valence-electron chi connectivity index (χ4n) is 4.92. The summed E-state index contributed by atoms with van der Waals surface area (Å²) in [6.07, 6.45) is -0.231. The molecule has 41 heavy (non-hydrogen) atoms. The van der Waals surface area contributed by atoms with Crippen LogP contribution in [0, 0.1) is 0 Å². The summed E-state index contributed by atoms with van der Waals surface area (Å²) in [5.74, 6) is -2.17. The van der Waals surface area contributed by atoms with Crippen molar-refractivity contribution in [2.24, 2.45) is 0 Å². The Morgan fingerprint density at radius 1 is 0.878 bits per heavy atom. The number of anilines is 1. The highest BCUT2D eigenvalue weighted by Crippen LogP contribution is 2.44. The first-order chi connectivity index (χ1) is 19.9. The number of nitrogens with one attached hydrogen (secondary N) is 2. The summed E-state index contributed by atoms with van der Waals surface area (Å²) in [5.41, 5.74) is 5.18. The van der Waals surface area contributed by atoms with Crippen LogP contribution in [0.2, 0.25) is 0 Å². The van der Waals surface area contributed by atoms with Gasteiger partial charge in [-0.25, -0.2) is 14.6 Å². The molecule has 9 heteroatoms. The number of aromatic nitrogens is 1. The van der Waals surface area contributed by atoms with Crippen molar-refractivity contribution < 1.29 is 29.0 Å². The van der Waals surface area contributed by atoms with E-state index < -0.39 is 30.1 Å². The number of fused-ring (bicyclic) bond motifs is 3. The number of hydrogen-bond donors (Lipinski definition) is 3. The van der Waals surface area contributed by atoms with Gasteiger partial charge >= 0.3 is 12.1 Å². The zero-order chi connectivity index (χ0) is 28.8. The predicted octanol–water partition coefficient (Wildman–Crippen LogP) is 5.23. The van der Waals surface area contributed by atoms with Crippen molar-refractivity contribution in [3.05, 3.63) is 120 Å². The van der Waals surface area contributed by atoms with Crippen LogP contribution < -0.4 is 10.6 Å².